The van der Waals surface area contributed by atoms with Crippen molar-refractivity contribution < 1.29 is 9.18 Å². The van der Waals surface area contributed by atoms with Crippen molar-refractivity contribution in [1.82, 2.24) is 9.97 Å². The number of fused-ring (bicyclic) bond motifs is 1. The summed E-state index contributed by atoms with van der Waals surface area (Å²) in [4.78, 5) is 20.8. The lowest BCUT2D eigenvalue weighted by molar-refractivity contribution is 0.103. The van der Waals surface area contributed by atoms with Gasteiger partial charge in [-0.1, -0.05) is 12.1 Å². The first-order chi connectivity index (χ1) is 9.65. The molecule has 0 N–H and O–H groups in total. The number of nitrogens with zero attached hydrogens (tertiary/aromatic N) is 2. The maximum Gasteiger partial charge on any atom is 0.212 e. The predicted octanol–water partition coefficient (Wildman–Crippen LogP) is 3.31. The van der Waals surface area contributed by atoms with Gasteiger partial charge in [0.05, 0.1) is 17.2 Å². The molecule has 0 saturated heterocycles. The monoisotopic (exact) mass is 266 g/mol. The summed E-state index contributed by atoms with van der Waals surface area (Å²) in [6, 6.07) is 11.6. The van der Waals surface area contributed by atoms with Crippen LogP contribution in [0.4, 0.5) is 4.39 Å². The van der Waals surface area contributed by atoms with Gasteiger partial charge in [0.2, 0.25) is 5.78 Å². The van der Waals surface area contributed by atoms with Gasteiger partial charge >= 0.3 is 0 Å². The van der Waals surface area contributed by atoms with Crippen LogP contribution in [0.2, 0.25) is 0 Å². The number of aromatic nitrogens is 2. The van der Waals surface area contributed by atoms with Gasteiger partial charge in [0, 0.05) is 5.56 Å². The Morgan fingerprint density at radius 3 is 2.60 bits per heavy atom. The summed E-state index contributed by atoms with van der Waals surface area (Å²) in [6.07, 6.45) is 1.45. The molecule has 3 nitrogen and oxygen atoms in total. The van der Waals surface area contributed by atoms with Gasteiger partial charge in [-0.05, 0) is 42.8 Å². The third-order valence-corrected chi connectivity index (χ3v) is 3.10. The molecule has 3 aromatic rings. The van der Waals surface area contributed by atoms with Crippen LogP contribution in [0, 0.1) is 12.7 Å². The van der Waals surface area contributed by atoms with Crippen LogP contribution in [0.3, 0.4) is 0 Å². The number of rotatable bonds is 2. The van der Waals surface area contributed by atoms with E-state index in [2.05, 4.69) is 9.97 Å². The second-order valence-electron chi connectivity index (χ2n) is 4.54. The highest BCUT2D eigenvalue weighted by atomic mass is 19.1. The summed E-state index contributed by atoms with van der Waals surface area (Å²) in [5, 5.41) is 0. The first kappa shape index (κ1) is 12.4. The molecule has 0 atom stereocenters. The number of hydrogen-bond acceptors (Lipinski definition) is 3. The third-order valence-electron chi connectivity index (χ3n) is 3.10. The van der Waals surface area contributed by atoms with Gasteiger partial charge in [0.15, 0.2) is 0 Å². The maximum atomic E-state index is 13.2. The van der Waals surface area contributed by atoms with E-state index in [4.69, 9.17) is 0 Å². The molecule has 0 radical (unpaired) electrons. The Hall–Kier alpha value is -2.62. The van der Waals surface area contributed by atoms with Crippen LogP contribution < -0.4 is 0 Å². The Morgan fingerprint density at radius 1 is 1.10 bits per heavy atom. The lowest BCUT2D eigenvalue weighted by Gasteiger charge is -2.03. The van der Waals surface area contributed by atoms with Crippen molar-refractivity contribution >= 4 is 16.8 Å². The molecule has 20 heavy (non-hydrogen) atoms. The summed E-state index contributed by atoms with van der Waals surface area (Å²) in [6.45, 7) is 1.62. The van der Waals surface area contributed by atoms with E-state index in [1.807, 2.05) is 18.2 Å². The first-order valence-electron chi connectivity index (χ1n) is 6.18. The minimum Gasteiger partial charge on any atom is -0.287 e. The Balaban J connectivity index is 2.05. The van der Waals surface area contributed by atoms with Crippen LogP contribution in [0.25, 0.3) is 11.0 Å². The lowest BCUT2D eigenvalue weighted by atomic mass is 10.1. The number of carbonyl (C=O) groups is 1. The molecule has 4 heteroatoms. The van der Waals surface area contributed by atoms with Crippen LogP contribution in [0.1, 0.15) is 21.6 Å². The van der Waals surface area contributed by atoms with E-state index in [1.54, 1.807) is 13.0 Å². The summed E-state index contributed by atoms with van der Waals surface area (Å²) in [5.74, 6) is -0.586. The number of benzene rings is 2. The number of ketones is 1. The van der Waals surface area contributed by atoms with Gasteiger partial charge < -0.3 is 0 Å². The number of carbonyl (C=O) groups excluding carboxylic acids is 1. The highest BCUT2D eigenvalue weighted by Gasteiger charge is 2.13. The number of aryl methyl sites for hydroxylation is 1. The first-order valence-corrected chi connectivity index (χ1v) is 6.18. The highest BCUT2D eigenvalue weighted by Crippen LogP contribution is 2.14. The zero-order valence-corrected chi connectivity index (χ0v) is 10.8. The Labute approximate surface area is 115 Å². The van der Waals surface area contributed by atoms with Gasteiger partial charge in [0.1, 0.15) is 11.5 Å². The summed E-state index contributed by atoms with van der Waals surface area (Å²) in [7, 11) is 0. The van der Waals surface area contributed by atoms with E-state index in [0.29, 0.717) is 16.6 Å². The zero-order chi connectivity index (χ0) is 14.1. The molecule has 0 fully saturated rings. The fraction of sp³-hybridized carbons (Fsp3) is 0.0625. The van der Waals surface area contributed by atoms with Crippen LogP contribution in [0.15, 0.2) is 48.7 Å². The molecule has 0 saturated carbocycles. The molecule has 0 spiro atoms. The van der Waals surface area contributed by atoms with Gasteiger partial charge in [0.25, 0.3) is 0 Å². The van der Waals surface area contributed by atoms with Crippen LogP contribution in [-0.4, -0.2) is 15.8 Å². The summed E-state index contributed by atoms with van der Waals surface area (Å²) < 4.78 is 13.2. The molecule has 0 amide bonds. The summed E-state index contributed by atoms with van der Waals surface area (Å²) >= 11 is 0. The van der Waals surface area contributed by atoms with Crippen LogP contribution >= 0.6 is 0 Å². The molecule has 1 aromatic heterocycles. The van der Waals surface area contributed by atoms with Crippen molar-refractivity contribution in [2.24, 2.45) is 0 Å². The van der Waals surface area contributed by atoms with E-state index in [1.165, 1.54) is 24.4 Å². The topological polar surface area (TPSA) is 42.9 Å². The van der Waals surface area contributed by atoms with Gasteiger partial charge in [-0.15, -0.1) is 0 Å². The molecule has 1 heterocycles. The van der Waals surface area contributed by atoms with Crippen molar-refractivity contribution in [3.8, 4) is 0 Å². The fourth-order valence-electron chi connectivity index (χ4n) is 2.00. The zero-order valence-electron chi connectivity index (χ0n) is 10.8. The van der Waals surface area contributed by atoms with Crippen molar-refractivity contribution in [3.63, 3.8) is 0 Å². The Morgan fingerprint density at radius 2 is 1.85 bits per heavy atom. The normalized spacial score (nSPS) is 10.7. The molecule has 0 aliphatic heterocycles. The third kappa shape index (κ3) is 2.16. The van der Waals surface area contributed by atoms with Crippen molar-refractivity contribution in [2.75, 3.05) is 0 Å². The van der Waals surface area contributed by atoms with Crippen LogP contribution in [-0.2, 0) is 0 Å². The number of halogens is 1. The minimum absolute atomic E-state index is 0.258. The van der Waals surface area contributed by atoms with E-state index in [9.17, 15) is 9.18 Å². The average molecular weight is 266 g/mol. The Bertz CT molecular complexity index is 814. The van der Waals surface area contributed by atoms with Crippen molar-refractivity contribution in [3.05, 3.63) is 71.3 Å². The second-order valence-corrected chi connectivity index (χ2v) is 4.54. The fourth-order valence-corrected chi connectivity index (χ4v) is 2.00. The quantitative estimate of drug-likeness (QED) is 0.668. The predicted molar refractivity (Wildman–Crippen MR) is 74.1 cm³/mol. The van der Waals surface area contributed by atoms with Crippen molar-refractivity contribution in [1.29, 1.82) is 0 Å². The van der Waals surface area contributed by atoms with E-state index >= 15 is 0 Å². The minimum atomic E-state index is -0.328. The smallest absolute Gasteiger partial charge is 0.212 e. The molecule has 0 bridgehead atoms. The summed E-state index contributed by atoms with van der Waals surface area (Å²) in [5.41, 5.74) is 2.50. The molecule has 98 valence electrons. The molecular formula is C16H11FN2O. The van der Waals surface area contributed by atoms with Gasteiger partial charge in [-0.3, -0.25) is 9.78 Å². The van der Waals surface area contributed by atoms with Crippen LogP contribution in [0.5, 0.6) is 0 Å². The Kier molecular flexibility index (Phi) is 2.99. The lowest BCUT2D eigenvalue weighted by Crippen LogP contribution is -2.05. The number of hydrogen-bond donors (Lipinski definition) is 0. The van der Waals surface area contributed by atoms with E-state index < -0.39 is 0 Å². The highest BCUT2D eigenvalue weighted by molar-refractivity contribution is 6.08. The van der Waals surface area contributed by atoms with Gasteiger partial charge in [-0.25, -0.2) is 9.37 Å². The van der Waals surface area contributed by atoms with Gasteiger partial charge in [-0.2, -0.15) is 0 Å². The molecule has 0 unspecified atom stereocenters. The molecule has 2 aromatic carbocycles. The molecule has 3 rings (SSSR count). The molecule has 0 aliphatic rings. The molecular weight excluding hydrogens is 255 g/mol. The average Bonchev–Trinajstić information content (AvgIpc) is 2.49. The second kappa shape index (κ2) is 4.81. The maximum absolute atomic E-state index is 13.2. The SMILES string of the molecule is Cc1cc(C(=O)c2cnc3ccccc3n2)ccc1F. The van der Waals surface area contributed by atoms with E-state index in [0.717, 1.165) is 5.52 Å². The van der Waals surface area contributed by atoms with E-state index in [-0.39, 0.29) is 17.3 Å². The number of para-hydroxylation sites is 2. The standard InChI is InChI=1S/C16H11FN2O/c1-10-8-11(6-7-12(10)17)16(20)15-9-18-13-4-2-3-5-14(13)19-15/h2-9H,1H3. The molecule has 0 aliphatic carbocycles. The largest absolute Gasteiger partial charge is 0.287 e. The van der Waals surface area contributed by atoms with Crippen molar-refractivity contribution in [2.45, 2.75) is 6.92 Å².